The number of hydrogen-bond donors (Lipinski definition) is 0. The molecule has 0 amide bonds. The minimum Gasteiger partial charge on any atom is -0.400 e. The van der Waals surface area contributed by atoms with Crippen LogP contribution in [0.3, 0.4) is 0 Å². The van der Waals surface area contributed by atoms with Crippen molar-refractivity contribution in [3.63, 3.8) is 0 Å². The van der Waals surface area contributed by atoms with Crippen LogP contribution in [0.15, 0.2) is 11.5 Å². The Morgan fingerprint density at radius 3 is 1.94 bits per heavy atom. The summed E-state index contributed by atoms with van der Waals surface area (Å²) in [4.78, 5) is 0. The van der Waals surface area contributed by atoms with Gasteiger partial charge in [0.05, 0.1) is 11.2 Å². The van der Waals surface area contributed by atoms with Gasteiger partial charge < -0.3 is 9.31 Å². The zero-order chi connectivity index (χ0) is 12.9. The van der Waals surface area contributed by atoms with Crippen LogP contribution >= 0.6 is 0 Å². The second-order valence-corrected chi connectivity index (χ2v) is 7.29. The second-order valence-electron chi connectivity index (χ2n) is 7.29. The Balaban J connectivity index is 2.06. The maximum atomic E-state index is 6.00. The van der Waals surface area contributed by atoms with Gasteiger partial charge in [0.2, 0.25) is 0 Å². The highest BCUT2D eigenvalue weighted by Crippen LogP contribution is 2.42. The Morgan fingerprint density at radius 2 is 1.53 bits per heavy atom. The highest BCUT2D eigenvalue weighted by molar-refractivity contribution is 6.51. The van der Waals surface area contributed by atoms with Gasteiger partial charge in [0.25, 0.3) is 0 Å². The minimum absolute atomic E-state index is 0.163. The van der Waals surface area contributed by atoms with Gasteiger partial charge in [-0.05, 0) is 52.4 Å². The molecule has 2 nitrogen and oxygen atoms in total. The van der Waals surface area contributed by atoms with E-state index in [0.29, 0.717) is 5.41 Å². The molecular formula is C14H25BO2. The van der Waals surface area contributed by atoms with Crippen LogP contribution in [0.4, 0.5) is 0 Å². The molecule has 0 radical (unpaired) electrons. The van der Waals surface area contributed by atoms with Crippen molar-refractivity contribution in [2.75, 3.05) is 0 Å². The smallest absolute Gasteiger partial charge is 0.400 e. The fraction of sp³-hybridized carbons (Fsp3) is 0.857. The van der Waals surface area contributed by atoms with Crippen molar-refractivity contribution < 1.29 is 9.31 Å². The standard InChI is InChI=1S/C14H25BO2/c1-12(2)8-7-11(9-12)10-15-16-13(3,4)14(5,6)17-15/h10H,7-9H2,1-6H3. The van der Waals surface area contributed by atoms with Gasteiger partial charge >= 0.3 is 7.12 Å². The lowest BCUT2D eigenvalue weighted by Crippen LogP contribution is -2.41. The van der Waals surface area contributed by atoms with Crippen LogP contribution in [0.5, 0.6) is 0 Å². The van der Waals surface area contributed by atoms with E-state index in [0.717, 1.165) is 0 Å². The highest BCUT2D eigenvalue weighted by atomic mass is 16.7. The molecule has 0 spiro atoms. The van der Waals surface area contributed by atoms with Gasteiger partial charge in [0.1, 0.15) is 0 Å². The average molecular weight is 236 g/mol. The van der Waals surface area contributed by atoms with E-state index in [1.807, 2.05) is 0 Å². The molecule has 96 valence electrons. The molecule has 1 aliphatic carbocycles. The number of rotatable bonds is 1. The Kier molecular flexibility index (Phi) is 2.99. The maximum absolute atomic E-state index is 6.00. The highest BCUT2D eigenvalue weighted by Gasteiger charge is 2.50. The summed E-state index contributed by atoms with van der Waals surface area (Å²) in [5.74, 6) is 2.20. The Bertz CT molecular complexity index is 326. The molecule has 2 rings (SSSR count). The van der Waals surface area contributed by atoms with Gasteiger partial charge in [0.15, 0.2) is 0 Å². The Hall–Kier alpha value is -0.275. The monoisotopic (exact) mass is 236 g/mol. The molecule has 0 bridgehead atoms. The van der Waals surface area contributed by atoms with Crippen molar-refractivity contribution in [1.82, 2.24) is 0 Å². The summed E-state index contributed by atoms with van der Waals surface area (Å²) in [6.07, 6.45) is 3.65. The fourth-order valence-corrected chi connectivity index (χ4v) is 2.58. The van der Waals surface area contributed by atoms with E-state index in [-0.39, 0.29) is 18.3 Å². The quantitative estimate of drug-likeness (QED) is 0.645. The van der Waals surface area contributed by atoms with Crippen LogP contribution in [0.1, 0.15) is 60.8 Å². The summed E-state index contributed by atoms with van der Waals surface area (Å²) in [7, 11) is -0.163. The molecule has 1 saturated heterocycles. The normalized spacial score (nSPS) is 32.4. The molecule has 0 atom stereocenters. The molecule has 0 unspecified atom stereocenters. The minimum atomic E-state index is -0.219. The SMILES string of the molecule is CC1(C)CCC(=CB2OC(C)(C)C(C)(C)O2)C1. The molecular weight excluding hydrogens is 211 g/mol. The molecule has 2 fully saturated rings. The van der Waals surface area contributed by atoms with Gasteiger partial charge in [-0.3, -0.25) is 0 Å². The van der Waals surface area contributed by atoms with Crippen LogP contribution in [0.25, 0.3) is 0 Å². The summed E-state index contributed by atoms with van der Waals surface area (Å²) in [5, 5.41) is 0. The molecule has 0 aromatic carbocycles. The van der Waals surface area contributed by atoms with Crippen molar-refractivity contribution in [3.05, 3.63) is 11.5 Å². The number of hydrogen-bond acceptors (Lipinski definition) is 2. The molecule has 1 heterocycles. The van der Waals surface area contributed by atoms with E-state index >= 15 is 0 Å². The van der Waals surface area contributed by atoms with Gasteiger partial charge in [-0.2, -0.15) is 0 Å². The predicted octanol–water partition coefficient (Wildman–Crippen LogP) is 3.75. The fourth-order valence-electron chi connectivity index (χ4n) is 2.58. The van der Waals surface area contributed by atoms with Gasteiger partial charge in [-0.25, -0.2) is 0 Å². The van der Waals surface area contributed by atoms with E-state index in [1.165, 1.54) is 24.8 Å². The van der Waals surface area contributed by atoms with E-state index in [4.69, 9.17) is 9.31 Å². The summed E-state index contributed by atoms with van der Waals surface area (Å²) < 4.78 is 12.0. The first kappa shape index (κ1) is 13.2. The topological polar surface area (TPSA) is 18.5 Å². The second kappa shape index (κ2) is 3.86. The Morgan fingerprint density at radius 1 is 1.00 bits per heavy atom. The third-order valence-corrected chi connectivity index (χ3v) is 4.47. The molecule has 2 aliphatic rings. The summed E-state index contributed by atoms with van der Waals surface area (Å²) >= 11 is 0. The van der Waals surface area contributed by atoms with Crippen LogP contribution in [0.2, 0.25) is 0 Å². The van der Waals surface area contributed by atoms with Crippen LogP contribution in [-0.2, 0) is 9.31 Å². The van der Waals surface area contributed by atoms with E-state index in [2.05, 4.69) is 47.5 Å². The van der Waals surface area contributed by atoms with Gasteiger partial charge in [0, 0.05) is 0 Å². The van der Waals surface area contributed by atoms with Crippen molar-refractivity contribution in [2.45, 2.75) is 72.0 Å². The summed E-state index contributed by atoms with van der Waals surface area (Å²) in [6, 6.07) is 0. The van der Waals surface area contributed by atoms with Crippen LogP contribution in [-0.4, -0.2) is 18.3 Å². The van der Waals surface area contributed by atoms with Gasteiger partial charge in [-0.1, -0.05) is 25.4 Å². The first-order chi connectivity index (χ1) is 7.61. The largest absolute Gasteiger partial charge is 0.487 e. The average Bonchev–Trinajstić information content (AvgIpc) is 2.51. The molecule has 1 aliphatic heterocycles. The summed E-state index contributed by atoms with van der Waals surface area (Å²) in [6.45, 7) is 13.1. The van der Waals surface area contributed by atoms with Crippen molar-refractivity contribution in [1.29, 1.82) is 0 Å². The zero-order valence-electron chi connectivity index (χ0n) is 12.1. The predicted molar refractivity (Wildman–Crippen MR) is 71.8 cm³/mol. The van der Waals surface area contributed by atoms with E-state index in [1.54, 1.807) is 0 Å². The van der Waals surface area contributed by atoms with Crippen molar-refractivity contribution >= 4 is 7.12 Å². The maximum Gasteiger partial charge on any atom is 0.487 e. The molecule has 17 heavy (non-hydrogen) atoms. The zero-order valence-corrected chi connectivity index (χ0v) is 12.1. The number of allylic oxidation sites excluding steroid dienone is 1. The Labute approximate surface area is 106 Å². The first-order valence-corrected chi connectivity index (χ1v) is 6.67. The van der Waals surface area contributed by atoms with Crippen LogP contribution in [0, 0.1) is 5.41 Å². The van der Waals surface area contributed by atoms with E-state index < -0.39 is 0 Å². The van der Waals surface area contributed by atoms with Gasteiger partial charge in [-0.15, -0.1) is 0 Å². The van der Waals surface area contributed by atoms with Crippen LogP contribution < -0.4 is 0 Å². The lowest BCUT2D eigenvalue weighted by Gasteiger charge is -2.32. The molecule has 0 aromatic heterocycles. The third-order valence-electron chi connectivity index (χ3n) is 4.47. The molecule has 1 saturated carbocycles. The lowest BCUT2D eigenvalue weighted by molar-refractivity contribution is 0.00578. The first-order valence-electron chi connectivity index (χ1n) is 6.67. The van der Waals surface area contributed by atoms with E-state index in [9.17, 15) is 0 Å². The summed E-state index contributed by atoms with van der Waals surface area (Å²) in [5.41, 5.74) is 1.51. The van der Waals surface area contributed by atoms with Crippen molar-refractivity contribution in [3.8, 4) is 0 Å². The lowest BCUT2D eigenvalue weighted by atomic mass is 9.85. The molecule has 0 N–H and O–H groups in total. The molecule has 3 heteroatoms. The third kappa shape index (κ3) is 2.60. The van der Waals surface area contributed by atoms with Crippen molar-refractivity contribution in [2.24, 2.45) is 5.41 Å². The molecule has 0 aromatic rings.